The van der Waals surface area contributed by atoms with Gasteiger partial charge in [0, 0.05) is 26.2 Å². The summed E-state index contributed by atoms with van der Waals surface area (Å²) in [7, 11) is 2.03. The number of likely N-dealkylation sites (N-methyl/N-ethyl adjacent to an activating group) is 1. The molecule has 0 radical (unpaired) electrons. The molecule has 2 amide bonds. The van der Waals surface area contributed by atoms with E-state index in [1.807, 2.05) is 45.2 Å². The molecular weight excluding hydrogens is 278 g/mol. The van der Waals surface area contributed by atoms with Crippen molar-refractivity contribution in [1.29, 1.82) is 0 Å². The van der Waals surface area contributed by atoms with Crippen LogP contribution in [0, 0.1) is 5.41 Å². The number of para-hydroxylation sites is 2. The summed E-state index contributed by atoms with van der Waals surface area (Å²) in [6.07, 6.45) is 1.30. The Morgan fingerprint density at radius 3 is 2.36 bits per heavy atom. The Hall–Kier alpha value is -2.04. The Balaban J connectivity index is 1.88. The quantitative estimate of drug-likeness (QED) is 0.866. The summed E-state index contributed by atoms with van der Waals surface area (Å²) in [5.74, 6) is -0.171. The fourth-order valence-corrected chi connectivity index (χ4v) is 3.04. The third-order valence-corrected chi connectivity index (χ3v) is 4.50. The monoisotopic (exact) mass is 301 g/mol. The maximum atomic E-state index is 13.0. The number of carbonyl (C=O) groups excluding carboxylic acids is 2. The van der Waals surface area contributed by atoms with Gasteiger partial charge in [-0.15, -0.1) is 0 Å². The first-order chi connectivity index (χ1) is 10.5. The van der Waals surface area contributed by atoms with Gasteiger partial charge < -0.3 is 15.1 Å². The predicted octanol–water partition coefficient (Wildman–Crippen LogP) is 1.77. The number of nitrogens with zero attached hydrogens (tertiary/aromatic N) is 2. The molecule has 1 aromatic carbocycles. The van der Waals surface area contributed by atoms with Gasteiger partial charge in [-0.25, -0.2) is 0 Å². The van der Waals surface area contributed by atoms with Gasteiger partial charge in [-0.2, -0.15) is 0 Å². The molecule has 0 saturated heterocycles. The zero-order valence-corrected chi connectivity index (χ0v) is 13.4. The lowest BCUT2D eigenvalue weighted by atomic mass is 10.0. The maximum Gasteiger partial charge on any atom is 0.242 e. The lowest BCUT2D eigenvalue weighted by Crippen LogP contribution is -2.50. The van der Waals surface area contributed by atoms with E-state index in [9.17, 15) is 9.59 Å². The predicted molar refractivity (Wildman–Crippen MR) is 87.0 cm³/mol. The highest BCUT2D eigenvalue weighted by Gasteiger charge is 2.58. The second-order valence-electron chi connectivity index (χ2n) is 6.58. The van der Waals surface area contributed by atoms with E-state index in [0.717, 1.165) is 17.9 Å². The average Bonchev–Trinajstić information content (AvgIpc) is 3.28. The van der Waals surface area contributed by atoms with E-state index in [-0.39, 0.29) is 17.9 Å². The van der Waals surface area contributed by atoms with Crippen LogP contribution >= 0.6 is 0 Å². The van der Waals surface area contributed by atoms with Crippen molar-refractivity contribution in [1.82, 2.24) is 5.32 Å². The highest BCUT2D eigenvalue weighted by Crippen LogP contribution is 2.49. The number of carbonyl (C=O) groups is 2. The van der Waals surface area contributed by atoms with E-state index in [0.29, 0.717) is 19.4 Å². The van der Waals surface area contributed by atoms with Crippen LogP contribution in [0.2, 0.25) is 0 Å². The Bertz CT molecular complexity index is 608. The summed E-state index contributed by atoms with van der Waals surface area (Å²) in [5, 5.41) is 2.90. The first-order valence-electron chi connectivity index (χ1n) is 7.89. The molecule has 1 fully saturated rings. The van der Waals surface area contributed by atoms with Gasteiger partial charge in [0.1, 0.15) is 5.41 Å². The summed E-state index contributed by atoms with van der Waals surface area (Å²) in [6, 6.07) is 7.94. The molecule has 0 spiro atoms. The van der Waals surface area contributed by atoms with Gasteiger partial charge in [-0.3, -0.25) is 9.59 Å². The summed E-state index contributed by atoms with van der Waals surface area (Å²) < 4.78 is 0. The number of anilines is 2. The van der Waals surface area contributed by atoms with Crippen LogP contribution < -0.4 is 15.1 Å². The molecular formula is C17H23N3O2. The molecule has 0 bridgehead atoms. The standard InChI is InChI=1S/C17H23N3O2/c1-12(2)18-15(21)17(8-9-17)16(22)20-11-10-19(3)13-6-4-5-7-14(13)20/h4-7,12H,8-11H2,1-3H3,(H,18,21). The molecule has 0 unspecified atom stereocenters. The van der Waals surface area contributed by atoms with Crippen LogP contribution in [0.1, 0.15) is 26.7 Å². The van der Waals surface area contributed by atoms with Crippen molar-refractivity contribution in [2.45, 2.75) is 32.7 Å². The van der Waals surface area contributed by atoms with Gasteiger partial charge in [0.05, 0.1) is 11.4 Å². The molecule has 3 rings (SSSR count). The fraction of sp³-hybridized carbons (Fsp3) is 0.529. The number of rotatable bonds is 3. The lowest BCUT2D eigenvalue weighted by molar-refractivity contribution is -0.136. The van der Waals surface area contributed by atoms with E-state index >= 15 is 0 Å². The van der Waals surface area contributed by atoms with E-state index in [4.69, 9.17) is 0 Å². The van der Waals surface area contributed by atoms with Gasteiger partial charge in [0.15, 0.2) is 0 Å². The van der Waals surface area contributed by atoms with Crippen LogP contribution in [-0.4, -0.2) is 38.0 Å². The Morgan fingerprint density at radius 2 is 1.77 bits per heavy atom. The Morgan fingerprint density at radius 1 is 1.14 bits per heavy atom. The van der Waals surface area contributed by atoms with Crippen molar-refractivity contribution in [2.75, 3.05) is 29.9 Å². The second kappa shape index (κ2) is 5.30. The number of benzene rings is 1. The van der Waals surface area contributed by atoms with Crippen molar-refractivity contribution in [3.63, 3.8) is 0 Å². The van der Waals surface area contributed by atoms with Gasteiger partial charge in [-0.1, -0.05) is 12.1 Å². The maximum absolute atomic E-state index is 13.0. The number of amides is 2. The topological polar surface area (TPSA) is 52.7 Å². The van der Waals surface area contributed by atoms with Gasteiger partial charge in [-0.05, 0) is 38.8 Å². The molecule has 22 heavy (non-hydrogen) atoms. The normalized spacial score (nSPS) is 18.9. The first kappa shape index (κ1) is 14.9. The van der Waals surface area contributed by atoms with Crippen LogP contribution in [0.5, 0.6) is 0 Å². The average molecular weight is 301 g/mol. The third kappa shape index (κ3) is 2.34. The SMILES string of the molecule is CC(C)NC(=O)C1(C(=O)N2CCN(C)c3ccccc32)CC1. The summed E-state index contributed by atoms with van der Waals surface area (Å²) >= 11 is 0. The minimum Gasteiger partial charge on any atom is -0.371 e. The molecule has 1 aliphatic carbocycles. The minimum absolute atomic E-state index is 0.0498. The van der Waals surface area contributed by atoms with E-state index in [1.54, 1.807) is 4.90 Å². The fourth-order valence-electron chi connectivity index (χ4n) is 3.04. The molecule has 118 valence electrons. The van der Waals surface area contributed by atoms with Crippen LogP contribution in [0.15, 0.2) is 24.3 Å². The first-order valence-corrected chi connectivity index (χ1v) is 7.89. The summed E-state index contributed by atoms with van der Waals surface area (Å²) in [4.78, 5) is 29.4. The van der Waals surface area contributed by atoms with Crippen molar-refractivity contribution < 1.29 is 9.59 Å². The second-order valence-corrected chi connectivity index (χ2v) is 6.58. The number of hydrogen-bond donors (Lipinski definition) is 1. The van der Waals surface area contributed by atoms with Gasteiger partial charge >= 0.3 is 0 Å². The van der Waals surface area contributed by atoms with Crippen LogP contribution in [0.4, 0.5) is 11.4 Å². The zero-order valence-electron chi connectivity index (χ0n) is 13.4. The highest BCUT2D eigenvalue weighted by atomic mass is 16.2. The Kier molecular flexibility index (Phi) is 3.59. The van der Waals surface area contributed by atoms with Crippen molar-refractivity contribution in [3.8, 4) is 0 Å². The molecule has 1 aliphatic heterocycles. The molecule has 1 heterocycles. The van der Waals surface area contributed by atoms with E-state index in [1.165, 1.54) is 0 Å². The number of hydrogen-bond acceptors (Lipinski definition) is 3. The lowest BCUT2D eigenvalue weighted by Gasteiger charge is -2.37. The molecule has 1 N–H and O–H groups in total. The van der Waals surface area contributed by atoms with Crippen molar-refractivity contribution in [3.05, 3.63) is 24.3 Å². The van der Waals surface area contributed by atoms with E-state index < -0.39 is 5.41 Å². The molecule has 1 saturated carbocycles. The van der Waals surface area contributed by atoms with Crippen LogP contribution in [0.3, 0.4) is 0 Å². The molecule has 2 aliphatic rings. The van der Waals surface area contributed by atoms with E-state index in [2.05, 4.69) is 10.2 Å². The highest BCUT2D eigenvalue weighted by molar-refractivity contribution is 6.15. The summed E-state index contributed by atoms with van der Waals surface area (Å²) in [5.41, 5.74) is 1.11. The molecule has 0 aromatic heterocycles. The van der Waals surface area contributed by atoms with Crippen molar-refractivity contribution in [2.24, 2.45) is 5.41 Å². The van der Waals surface area contributed by atoms with Gasteiger partial charge in [0.25, 0.3) is 0 Å². The largest absolute Gasteiger partial charge is 0.371 e. The summed E-state index contributed by atoms with van der Waals surface area (Å²) in [6.45, 7) is 5.25. The number of nitrogens with one attached hydrogen (secondary N) is 1. The molecule has 5 heteroatoms. The third-order valence-electron chi connectivity index (χ3n) is 4.50. The number of fused-ring (bicyclic) bond motifs is 1. The molecule has 1 aromatic rings. The van der Waals surface area contributed by atoms with Crippen LogP contribution in [0.25, 0.3) is 0 Å². The molecule has 0 atom stereocenters. The van der Waals surface area contributed by atoms with Crippen LogP contribution in [-0.2, 0) is 9.59 Å². The zero-order chi connectivity index (χ0) is 15.9. The van der Waals surface area contributed by atoms with Crippen molar-refractivity contribution >= 4 is 23.2 Å². The molecule has 5 nitrogen and oxygen atoms in total. The Labute approximate surface area is 131 Å². The van der Waals surface area contributed by atoms with Gasteiger partial charge in [0.2, 0.25) is 11.8 Å². The minimum atomic E-state index is -0.840. The smallest absolute Gasteiger partial charge is 0.242 e.